The lowest BCUT2D eigenvalue weighted by Crippen LogP contribution is -2.42. The zero-order chi connectivity index (χ0) is 16.6. The fraction of sp³-hybridized carbons (Fsp3) is 0.188. The Morgan fingerprint density at radius 3 is 2.22 bits per heavy atom. The van der Waals surface area contributed by atoms with Crippen molar-refractivity contribution in [2.24, 2.45) is 0 Å². The SMILES string of the molecule is COc1cc2c(cc1OC)S(=O)(=O)N(c1ccccc1)C(=O)C2. The van der Waals surface area contributed by atoms with E-state index in [1.165, 1.54) is 26.4 Å². The van der Waals surface area contributed by atoms with E-state index in [1.54, 1.807) is 30.3 Å². The number of hydrogen-bond donors (Lipinski definition) is 0. The van der Waals surface area contributed by atoms with Crippen molar-refractivity contribution >= 4 is 21.6 Å². The van der Waals surface area contributed by atoms with Gasteiger partial charge in [0.25, 0.3) is 10.0 Å². The molecule has 2 aromatic carbocycles. The highest BCUT2D eigenvalue weighted by molar-refractivity contribution is 7.93. The van der Waals surface area contributed by atoms with Crippen molar-refractivity contribution in [2.75, 3.05) is 18.5 Å². The summed E-state index contributed by atoms with van der Waals surface area (Å²) in [5.41, 5.74) is 0.720. The molecule has 1 amide bonds. The predicted molar refractivity (Wildman–Crippen MR) is 84.4 cm³/mol. The Morgan fingerprint density at radius 1 is 1.00 bits per heavy atom. The maximum absolute atomic E-state index is 12.9. The lowest BCUT2D eigenvalue weighted by Gasteiger charge is -2.28. The standard InChI is InChI=1S/C16H15NO5S/c1-21-13-8-11-9-16(18)17(12-6-4-3-5-7-12)23(19,20)15(11)10-14(13)22-2/h3-8,10H,9H2,1-2H3. The van der Waals surface area contributed by atoms with Crippen LogP contribution in [0.2, 0.25) is 0 Å². The number of methoxy groups -OCH3 is 2. The van der Waals surface area contributed by atoms with E-state index in [4.69, 9.17) is 9.47 Å². The molecule has 0 fully saturated rings. The summed E-state index contributed by atoms with van der Waals surface area (Å²) >= 11 is 0. The zero-order valence-corrected chi connectivity index (χ0v) is 13.5. The Kier molecular flexibility index (Phi) is 3.73. The molecule has 0 saturated heterocycles. The van der Waals surface area contributed by atoms with E-state index in [9.17, 15) is 13.2 Å². The third-order valence-corrected chi connectivity index (χ3v) is 5.47. The van der Waals surface area contributed by atoms with Gasteiger partial charge in [0.05, 0.1) is 31.2 Å². The average molecular weight is 333 g/mol. The Morgan fingerprint density at radius 2 is 1.61 bits per heavy atom. The minimum absolute atomic E-state index is 0.0240. The summed E-state index contributed by atoms with van der Waals surface area (Å²) in [7, 11) is -1.11. The van der Waals surface area contributed by atoms with Crippen LogP contribution in [0.15, 0.2) is 47.4 Å². The second kappa shape index (κ2) is 5.58. The molecular formula is C16H15NO5S. The normalized spacial score (nSPS) is 15.9. The van der Waals surface area contributed by atoms with Gasteiger partial charge in [-0.1, -0.05) is 18.2 Å². The predicted octanol–water partition coefficient (Wildman–Crippen LogP) is 1.98. The van der Waals surface area contributed by atoms with Crippen molar-refractivity contribution in [1.29, 1.82) is 0 Å². The third-order valence-electron chi connectivity index (χ3n) is 3.64. The number of sulfonamides is 1. The number of nitrogens with zero attached hydrogens (tertiary/aromatic N) is 1. The summed E-state index contributed by atoms with van der Waals surface area (Å²) in [5.74, 6) is 0.190. The van der Waals surface area contributed by atoms with Crippen molar-refractivity contribution in [3.8, 4) is 11.5 Å². The molecule has 0 N–H and O–H groups in total. The molecule has 0 aliphatic carbocycles. The highest BCUT2D eigenvalue weighted by Gasteiger charge is 2.38. The van der Waals surface area contributed by atoms with E-state index < -0.39 is 15.9 Å². The van der Waals surface area contributed by atoms with Crippen molar-refractivity contribution in [3.63, 3.8) is 0 Å². The van der Waals surface area contributed by atoms with Crippen LogP contribution in [0.25, 0.3) is 0 Å². The highest BCUT2D eigenvalue weighted by atomic mass is 32.2. The molecule has 0 saturated carbocycles. The van der Waals surface area contributed by atoms with E-state index >= 15 is 0 Å². The number of carbonyl (C=O) groups is 1. The first-order valence-electron chi connectivity index (χ1n) is 6.87. The number of hydrogen-bond acceptors (Lipinski definition) is 5. The molecule has 120 valence electrons. The first-order valence-corrected chi connectivity index (χ1v) is 8.31. The Hall–Kier alpha value is -2.54. The molecule has 1 aliphatic rings. The molecule has 0 aromatic heterocycles. The van der Waals surface area contributed by atoms with Gasteiger partial charge in [-0.25, -0.2) is 12.7 Å². The topological polar surface area (TPSA) is 72.9 Å². The van der Waals surface area contributed by atoms with Crippen molar-refractivity contribution in [1.82, 2.24) is 0 Å². The minimum Gasteiger partial charge on any atom is -0.493 e. The van der Waals surface area contributed by atoms with Gasteiger partial charge in [-0.05, 0) is 23.8 Å². The Balaban J connectivity index is 2.21. The van der Waals surface area contributed by atoms with Crippen LogP contribution < -0.4 is 13.8 Å². The molecule has 1 heterocycles. The molecule has 0 radical (unpaired) electrons. The van der Waals surface area contributed by atoms with Crippen molar-refractivity contribution < 1.29 is 22.7 Å². The van der Waals surface area contributed by atoms with Gasteiger partial charge in [-0.2, -0.15) is 0 Å². The van der Waals surface area contributed by atoms with Crippen molar-refractivity contribution in [2.45, 2.75) is 11.3 Å². The van der Waals surface area contributed by atoms with Gasteiger partial charge < -0.3 is 9.47 Å². The summed E-state index contributed by atoms with van der Waals surface area (Å²) < 4.78 is 37.0. The van der Waals surface area contributed by atoms with E-state index in [0.717, 1.165) is 4.31 Å². The van der Waals surface area contributed by atoms with Gasteiger partial charge >= 0.3 is 0 Å². The van der Waals surface area contributed by atoms with Gasteiger partial charge in [-0.15, -0.1) is 0 Å². The van der Waals surface area contributed by atoms with Gasteiger partial charge in [-0.3, -0.25) is 4.79 Å². The van der Waals surface area contributed by atoms with E-state index in [1.807, 2.05) is 0 Å². The number of fused-ring (bicyclic) bond motifs is 1. The van der Waals surface area contributed by atoms with Gasteiger partial charge in [0.1, 0.15) is 0 Å². The number of amides is 1. The van der Waals surface area contributed by atoms with Crippen molar-refractivity contribution in [3.05, 3.63) is 48.0 Å². The van der Waals surface area contributed by atoms with Gasteiger partial charge in [0.15, 0.2) is 11.5 Å². The number of anilines is 1. The Bertz CT molecular complexity index is 862. The molecule has 0 atom stereocenters. The van der Waals surface area contributed by atoms with E-state index in [0.29, 0.717) is 22.7 Å². The molecule has 0 spiro atoms. The summed E-state index contributed by atoms with van der Waals surface area (Å²) in [6, 6.07) is 11.2. The van der Waals surface area contributed by atoms with Crippen LogP contribution in [-0.4, -0.2) is 28.5 Å². The van der Waals surface area contributed by atoms with Crippen LogP contribution in [0.1, 0.15) is 5.56 Å². The summed E-state index contributed by atoms with van der Waals surface area (Å²) in [4.78, 5) is 12.5. The molecule has 0 bridgehead atoms. The molecule has 23 heavy (non-hydrogen) atoms. The third kappa shape index (κ3) is 2.43. The van der Waals surface area contributed by atoms with Crippen LogP contribution in [0, 0.1) is 0 Å². The number of benzene rings is 2. The summed E-state index contributed by atoms with van der Waals surface area (Å²) in [5, 5.41) is 0. The van der Waals surface area contributed by atoms with Crippen LogP contribution in [0.4, 0.5) is 5.69 Å². The molecule has 7 heteroatoms. The first kappa shape index (κ1) is 15.4. The fourth-order valence-corrected chi connectivity index (χ4v) is 4.24. The molecule has 6 nitrogen and oxygen atoms in total. The number of para-hydroxylation sites is 1. The first-order chi connectivity index (χ1) is 11.0. The fourth-order valence-electron chi connectivity index (χ4n) is 2.59. The zero-order valence-electron chi connectivity index (χ0n) is 12.6. The maximum atomic E-state index is 12.9. The maximum Gasteiger partial charge on any atom is 0.271 e. The van der Waals surface area contributed by atoms with E-state index in [-0.39, 0.29) is 11.3 Å². The summed E-state index contributed by atoms with van der Waals surface area (Å²) in [6.45, 7) is 0. The quantitative estimate of drug-likeness (QED) is 0.859. The smallest absolute Gasteiger partial charge is 0.271 e. The van der Waals surface area contributed by atoms with Crippen LogP contribution in [-0.2, 0) is 21.2 Å². The number of carbonyl (C=O) groups excluding carboxylic acids is 1. The summed E-state index contributed by atoms with van der Waals surface area (Å²) in [6.07, 6.45) is -0.0240. The second-order valence-corrected chi connectivity index (χ2v) is 6.75. The lowest BCUT2D eigenvalue weighted by atomic mass is 10.1. The van der Waals surface area contributed by atoms with Crippen LogP contribution in [0.3, 0.4) is 0 Å². The van der Waals surface area contributed by atoms with E-state index in [2.05, 4.69) is 0 Å². The van der Waals surface area contributed by atoms with Crippen LogP contribution >= 0.6 is 0 Å². The molecular weight excluding hydrogens is 318 g/mol. The second-order valence-electron chi connectivity index (χ2n) is 4.99. The largest absolute Gasteiger partial charge is 0.493 e. The highest BCUT2D eigenvalue weighted by Crippen LogP contribution is 2.38. The molecule has 1 aliphatic heterocycles. The lowest BCUT2D eigenvalue weighted by molar-refractivity contribution is -0.117. The number of ether oxygens (including phenoxy) is 2. The monoisotopic (exact) mass is 333 g/mol. The molecule has 0 unspecified atom stereocenters. The van der Waals surface area contributed by atoms with Gasteiger partial charge in [0, 0.05) is 6.07 Å². The average Bonchev–Trinajstić information content (AvgIpc) is 2.54. The minimum atomic E-state index is -3.99. The Labute approximate surface area is 134 Å². The molecule has 2 aromatic rings. The van der Waals surface area contributed by atoms with Crippen LogP contribution in [0.5, 0.6) is 11.5 Å². The number of rotatable bonds is 3. The molecule has 3 rings (SSSR count). The van der Waals surface area contributed by atoms with Gasteiger partial charge in [0.2, 0.25) is 5.91 Å².